The van der Waals surface area contributed by atoms with Gasteiger partial charge >= 0.3 is 0 Å². The summed E-state index contributed by atoms with van der Waals surface area (Å²) in [5.74, 6) is -0.0567. The Morgan fingerprint density at radius 2 is 1.85 bits per heavy atom. The summed E-state index contributed by atoms with van der Waals surface area (Å²) >= 11 is 12.5. The van der Waals surface area contributed by atoms with Crippen LogP contribution in [0.15, 0.2) is 65.7 Å². The van der Waals surface area contributed by atoms with Crippen LogP contribution in [0.1, 0.15) is 34.3 Å². The van der Waals surface area contributed by atoms with Crippen LogP contribution in [0.2, 0.25) is 10.0 Å². The average molecular weight is 478 g/mol. The van der Waals surface area contributed by atoms with Crippen LogP contribution in [-0.4, -0.2) is 21.5 Å². The summed E-state index contributed by atoms with van der Waals surface area (Å²) in [5.41, 5.74) is 4.61. The molecular formula is C26H21Cl2N3O2. The molecule has 0 atom stereocenters. The molecule has 0 aliphatic heterocycles. The largest absolute Gasteiger partial charge is 0.349 e. The number of carbonyl (C=O) groups excluding carboxylic acids is 1. The summed E-state index contributed by atoms with van der Waals surface area (Å²) in [4.78, 5) is 30.1. The van der Waals surface area contributed by atoms with Gasteiger partial charge in [-0.05, 0) is 72.9 Å². The molecule has 7 heteroatoms. The molecule has 0 saturated heterocycles. The van der Waals surface area contributed by atoms with E-state index < -0.39 is 0 Å². The minimum absolute atomic E-state index is 0.0567. The molecule has 5 nitrogen and oxygen atoms in total. The first kappa shape index (κ1) is 21.7. The first-order valence-corrected chi connectivity index (χ1v) is 11.5. The van der Waals surface area contributed by atoms with Gasteiger partial charge in [0.15, 0.2) is 0 Å². The van der Waals surface area contributed by atoms with Gasteiger partial charge in [-0.3, -0.25) is 14.2 Å². The molecule has 0 spiro atoms. The number of carbonyl (C=O) groups is 1. The predicted octanol–water partition coefficient (Wildman–Crippen LogP) is 5.62. The molecule has 0 unspecified atom stereocenters. The second-order valence-electron chi connectivity index (χ2n) is 8.39. The first-order chi connectivity index (χ1) is 15.9. The van der Waals surface area contributed by atoms with Crippen molar-refractivity contribution >= 4 is 40.0 Å². The van der Waals surface area contributed by atoms with Crippen molar-refractivity contribution in [3.8, 4) is 11.1 Å². The Kier molecular flexibility index (Phi) is 5.69. The monoisotopic (exact) mass is 477 g/mol. The maximum absolute atomic E-state index is 13.1. The van der Waals surface area contributed by atoms with Crippen LogP contribution in [-0.2, 0) is 6.54 Å². The van der Waals surface area contributed by atoms with E-state index in [4.69, 9.17) is 23.2 Å². The number of amides is 1. The molecule has 33 heavy (non-hydrogen) atoms. The van der Waals surface area contributed by atoms with Gasteiger partial charge in [0.25, 0.3) is 11.5 Å². The zero-order valence-corrected chi connectivity index (χ0v) is 19.5. The zero-order valence-electron chi connectivity index (χ0n) is 17.9. The molecule has 1 N–H and O–H groups in total. The number of aromatic nitrogens is 2. The summed E-state index contributed by atoms with van der Waals surface area (Å²) in [6.07, 6.45) is 3.60. The molecule has 0 bridgehead atoms. The number of rotatable bonds is 5. The summed E-state index contributed by atoms with van der Waals surface area (Å²) in [7, 11) is 0. The highest BCUT2D eigenvalue weighted by Crippen LogP contribution is 2.28. The van der Waals surface area contributed by atoms with E-state index >= 15 is 0 Å². The van der Waals surface area contributed by atoms with Crippen molar-refractivity contribution in [1.82, 2.24) is 14.9 Å². The van der Waals surface area contributed by atoms with Crippen LogP contribution in [0.5, 0.6) is 0 Å². The third-order valence-electron chi connectivity index (χ3n) is 5.94. The fraction of sp³-hybridized carbons (Fsp3) is 0.192. The van der Waals surface area contributed by atoms with E-state index in [-0.39, 0.29) is 18.0 Å². The summed E-state index contributed by atoms with van der Waals surface area (Å²) < 4.78 is 1.50. The van der Waals surface area contributed by atoms with Gasteiger partial charge in [0.2, 0.25) is 0 Å². The third-order valence-corrected chi connectivity index (χ3v) is 6.65. The van der Waals surface area contributed by atoms with Gasteiger partial charge in [0, 0.05) is 27.2 Å². The van der Waals surface area contributed by atoms with Crippen LogP contribution in [0.3, 0.4) is 0 Å². The molecule has 3 aromatic carbocycles. The predicted molar refractivity (Wildman–Crippen MR) is 132 cm³/mol. The Bertz CT molecular complexity index is 1440. The van der Waals surface area contributed by atoms with Crippen LogP contribution in [0.4, 0.5) is 0 Å². The normalized spacial score (nSPS) is 13.3. The van der Waals surface area contributed by atoms with Crippen molar-refractivity contribution in [3.63, 3.8) is 0 Å². The lowest BCUT2D eigenvalue weighted by molar-refractivity contribution is 0.0951. The Labute approximate surface area is 201 Å². The van der Waals surface area contributed by atoms with Gasteiger partial charge in [-0.15, -0.1) is 0 Å². The molecule has 0 radical (unpaired) electrons. The minimum atomic E-state index is -0.170. The fourth-order valence-electron chi connectivity index (χ4n) is 3.86. The van der Waals surface area contributed by atoms with E-state index in [9.17, 15) is 9.59 Å². The summed E-state index contributed by atoms with van der Waals surface area (Å²) in [6.45, 7) is 2.24. The van der Waals surface area contributed by atoms with Gasteiger partial charge in [-0.2, -0.15) is 0 Å². The Balaban J connectivity index is 1.50. The lowest BCUT2D eigenvalue weighted by Gasteiger charge is -2.12. The minimum Gasteiger partial charge on any atom is -0.349 e. The van der Waals surface area contributed by atoms with Crippen molar-refractivity contribution in [2.24, 2.45) is 0 Å². The van der Waals surface area contributed by atoms with Crippen LogP contribution in [0, 0.1) is 6.92 Å². The first-order valence-electron chi connectivity index (χ1n) is 10.7. The number of nitrogens with one attached hydrogen (secondary N) is 1. The highest BCUT2D eigenvalue weighted by atomic mass is 35.5. The zero-order chi connectivity index (χ0) is 23.1. The van der Waals surface area contributed by atoms with Crippen LogP contribution in [0.25, 0.3) is 22.0 Å². The van der Waals surface area contributed by atoms with Crippen LogP contribution >= 0.6 is 23.2 Å². The molecule has 1 aliphatic carbocycles. The number of fused-ring (bicyclic) bond motifs is 1. The smallest absolute Gasteiger partial charge is 0.261 e. The molecule has 4 aromatic rings. The highest BCUT2D eigenvalue weighted by molar-refractivity contribution is 6.36. The van der Waals surface area contributed by atoms with Crippen molar-refractivity contribution in [3.05, 3.63) is 98.0 Å². The van der Waals surface area contributed by atoms with Crippen molar-refractivity contribution in [1.29, 1.82) is 0 Å². The molecule has 1 fully saturated rings. The molecule has 1 aromatic heterocycles. The fourth-order valence-corrected chi connectivity index (χ4v) is 4.38. The van der Waals surface area contributed by atoms with Gasteiger partial charge in [0.05, 0.1) is 23.8 Å². The molecule has 166 valence electrons. The maximum atomic E-state index is 13.1. The Hall–Kier alpha value is -3.15. The lowest BCUT2D eigenvalue weighted by Crippen LogP contribution is -2.25. The highest BCUT2D eigenvalue weighted by Gasteiger charge is 2.24. The van der Waals surface area contributed by atoms with Crippen molar-refractivity contribution < 1.29 is 4.79 Å². The summed E-state index contributed by atoms with van der Waals surface area (Å²) in [6, 6.07) is 16.8. The topological polar surface area (TPSA) is 64.0 Å². The number of hydrogen-bond acceptors (Lipinski definition) is 3. The van der Waals surface area contributed by atoms with Gasteiger partial charge in [0.1, 0.15) is 0 Å². The van der Waals surface area contributed by atoms with E-state index in [1.165, 1.54) is 10.9 Å². The molecule has 5 rings (SSSR count). The molecule has 1 amide bonds. The quantitative estimate of drug-likeness (QED) is 0.405. The third kappa shape index (κ3) is 4.39. The number of hydrogen-bond donors (Lipinski definition) is 1. The van der Waals surface area contributed by atoms with Crippen LogP contribution < -0.4 is 10.9 Å². The molecular weight excluding hydrogens is 457 g/mol. The number of halogens is 2. The number of benzene rings is 3. The lowest BCUT2D eigenvalue weighted by atomic mass is 9.97. The number of nitrogens with zero attached hydrogens (tertiary/aromatic N) is 2. The SMILES string of the molecule is Cc1ccc(C(=O)NC2CC2)cc1-c1ccc2c(=O)n(Cc3c(Cl)cccc3Cl)cnc2c1. The molecule has 1 heterocycles. The van der Waals surface area contributed by atoms with E-state index in [1.807, 2.05) is 37.3 Å². The molecule has 1 aliphatic rings. The second kappa shape index (κ2) is 8.65. The van der Waals surface area contributed by atoms with E-state index in [0.29, 0.717) is 38.1 Å². The van der Waals surface area contributed by atoms with E-state index in [2.05, 4.69) is 10.3 Å². The molecule has 1 saturated carbocycles. The average Bonchev–Trinajstić information content (AvgIpc) is 3.62. The Morgan fingerprint density at radius 3 is 2.58 bits per heavy atom. The van der Waals surface area contributed by atoms with Crippen molar-refractivity contribution in [2.75, 3.05) is 0 Å². The van der Waals surface area contributed by atoms with Gasteiger partial charge in [-0.25, -0.2) is 4.98 Å². The standard InChI is InChI=1S/C26H21Cl2N3O2/c1-15-5-6-17(25(32)30-18-8-9-18)11-20(15)16-7-10-19-24(12-16)29-14-31(26(19)33)13-21-22(27)3-2-4-23(21)28/h2-7,10-12,14,18H,8-9,13H2,1H3,(H,30,32). The van der Waals surface area contributed by atoms with Crippen molar-refractivity contribution in [2.45, 2.75) is 32.4 Å². The second-order valence-corrected chi connectivity index (χ2v) is 9.20. The van der Waals surface area contributed by atoms with E-state index in [0.717, 1.165) is 29.5 Å². The van der Waals surface area contributed by atoms with E-state index in [1.54, 1.807) is 24.3 Å². The summed E-state index contributed by atoms with van der Waals surface area (Å²) in [5, 5.41) is 4.54. The Morgan fingerprint density at radius 1 is 1.09 bits per heavy atom. The van der Waals surface area contributed by atoms with Gasteiger partial charge in [-0.1, -0.05) is 41.4 Å². The number of aryl methyl sites for hydroxylation is 1. The maximum Gasteiger partial charge on any atom is 0.261 e. The van der Waals surface area contributed by atoms with Gasteiger partial charge < -0.3 is 5.32 Å².